The highest BCUT2D eigenvalue weighted by atomic mass is 16.4. The molecule has 0 bridgehead atoms. The Morgan fingerprint density at radius 3 is 2.71 bits per heavy atom. The second kappa shape index (κ2) is 5.62. The van der Waals surface area contributed by atoms with Gasteiger partial charge in [0.2, 0.25) is 11.8 Å². The van der Waals surface area contributed by atoms with E-state index in [0.29, 0.717) is 13.1 Å². The predicted octanol–water partition coefficient (Wildman–Crippen LogP) is -1.65. The second-order valence-electron chi connectivity index (χ2n) is 4.23. The zero-order chi connectivity index (χ0) is 13.0. The first kappa shape index (κ1) is 13.4. The number of piperazine rings is 1. The summed E-state index contributed by atoms with van der Waals surface area (Å²) in [5.41, 5.74) is 0. The summed E-state index contributed by atoms with van der Waals surface area (Å²) >= 11 is 0. The van der Waals surface area contributed by atoms with Crippen LogP contribution >= 0.6 is 0 Å². The van der Waals surface area contributed by atoms with Crippen LogP contribution in [0.4, 0.5) is 0 Å². The third-order valence-electron chi connectivity index (χ3n) is 2.47. The van der Waals surface area contributed by atoms with Crippen molar-refractivity contribution in [1.82, 2.24) is 15.1 Å². The molecule has 0 aromatic carbocycles. The number of hydrogen-bond donors (Lipinski definition) is 2. The summed E-state index contributed by atoms with van der Waals surface area (Å²) in [4.78, 5) is 37.1. The zero-order valence-corrected chi connectivity index (χ0v) is 9.97. The van der Waals surface area contributed by atoms with E-state index >= 15 is 0 Å². The molecular formula is C10H17N3O4. The Morgan fingerprint density at radius 2 is 2.18 bits per heavy atom. The van der Waals surface area contributed by atoms with Gasteiger partial charge in [0.05, 0.1) is 13.0 Å². The molecule has 1 unspecified atom stereocenters. The maximum absolute atomic E-state index is 11.9. The lowest BCUT2D eigenvalue weighted by atomic mass is 10.1. The minimum absolute atomic E-state index is 0.170. The van der Waals surface area contributed by atoms with Crippen LogP contribution in [0.1, 0.15) is 6.42 Å². The van der Waals surface area contributed by atoms with E-state index in [4.69, 9.17) is 5.11 Å². The van der Waals surface area contributed by atoms with Crippen molar-refractivity contribution < 1.29 is 19.5 Å². The zero-order valence-electron chi connectivity index (χ0n) is 9.97. The summed E-state index contributed by atoms with van der Waals surface area (Å²) < 4.78 is 0. The SMILES string of the molecule is CN(C)CC(=O)N1CCNC(=O)C1CC(=O)O. The number of likely N-dealkylation sites (N-methyl/N-ethyl adjacent to an activating group) is 1. The fourth-order valence-electron chi connectivity index (χ4n) is 1.74. The van der Waals surface area contributed by atoms with Crippen molar-refractivity contribution in [2.24, 2.45) is 0 Å². The van der Waals surface area contributed by atoms with Gasteiger partial charge in [-0.1, -0.05) is 0 Å². The van der Waals surface area contributed by atoms with E-state index in [-0.39, 0.29) is 18.9 Å². The van der Waals surface area contributed by atoms with Crippen LogP contribution in [0.15, 0.2) is 0 Å². The number of carboxylic acid groups (broad SMARTS) is 1. The largest absolute Gasteiger partial charge is 0.481 e. The van der Waals surface area contributed by atoms with Crippen molar-refractivity contribution >= 4 is 17.8 Å². The van der Waals surface area contributed by atoms with Crippen LogP contribution in [0.3, 0.4) is 0 Å². The summed E-state index contributed by atoms with van der Waals surface area (Å²) in [7, 11) is 3.49. The van der Waals surface area contributed by atoms with Crippen molar-refractivity contribution in [3.63, 3.8) is 0 Å². The van der Waals surface area contributed by atoms with Gasteiger partial charge in [-0.25, -0.2) is 0 Å². The maximum Gasteiger partial charge on any atom is 0.305 e. The molecule has 1 aliphatic heterocycles. The van der Waals surface area contributed by atoms with Gasteiger partial charge in [0, 0.05) is 13.1 Å². The Hall–Kier alpha value is -1.63. The molecule has 2 N–H and O–H groups in total. The fourth-order valence-corrected chi connectivity index (χ4v) is 1.74. The Labute approximate surface area is 99.4 Å². The molecule has 0 aromatic heterocycles. The summed E-state index contributed by atoms with van der Waals surface area (Å²) in [5, 5.41) is 11.3. The van der Waals surface area contributed by atoms with E-state index in [2.05, 4.69) is 5.32 Å². The molecule has 0 radical (unpaired) electrons. The molecule has 1 atom stereocenters. The van der Waals surface area contributed by atoms with Crippen LogP contribution in [-0.4, -0.2) is 72.5 Å². The standard InChI is InChI=1S/C10H17N3O4/c1-12(2)6-8(14)13-4-3-11-10(17)7(13)5-9(15)16/h7H,3-6H2,1-2H3,(H,11,17)(H,15,16). The van der Waals surface area contributed by atoms with E-state index in [1.54, 1.807) is 19.0 Å². The molecule has 1 saturated heterocycles. The topological polar surface area (TPSA) is 90.0 Å². The number of rotatable bonds is 4. The Bertz CT molecular complexity index is 330. The average molecular weight is 243 g/mol. The van der Waals surface area contributed by atoms with E-state index in [1.807, 2.05) is 0 Å². The first-order chi connectivity index (χ1) is 7.91. The molecule has 17 heavy (non-hydrogen) atoms. The van der Waals surface area contributed by atoms with Gasteiger partial charge in [0.15, 0.2) is 0 Å². The monoisotopic (exact) mass is 243 g/mol. The number of nitrogens with one attached hydrogen (secondary N) is 1. The van der Waals surface area contributed by atoms with Gasteiger partial charge in [-0.3, -0.25) is 14.4 Å². The average Bonchev–Trinajstić information content (AvgIpc) is 2.19. The minimum atomic E-state index is -1.09. The van der Waals surface area contributed by atoms with Crippen LogP contribution in [0, 0.1) is 0 Å². The number of carbonyl (C=O) groups is 3. The molecule has 2 amide bonds. The first-order valence-electron chi connectivity index (χ1n) is 5.35. The summed E-state index contributed by atoms with van der Waals surface area (Å²) in [5.74, 6) is -1.71. The smallest absolute Gasteiger partial charge is 0.305 e. The normalized spacial score (nSPS) is 20.3. The van der Waals surface area contributed by atoms with E-state index in [0.717, 1.165) is 0 Å². The molecule has 96 valence electrons. The number of carboxylic acids is 1. The first-order valence-corrected chi connectivity index (χ1v) is 5.35. The molecule has 7 nitrogen and oxygen atoms in total. The Morgan fingerprint density at radius 1 is 1.53 bits per heavy atom. The van der Waals surface area contributed by atoms with Crippen molar-refractivity contribution in [2.75, 3.05) is 33.7 Å². The van der Waals surface area contributed by atoms with Crippen LogP contribution in [0.5, 0.6) is 0 Å². The van der Waals surface area contributed by atoms with Gasteiger partial charge in [0.25, 0.3) is 0 Å². The highest BCUT2D eigenvalue weighted by Gasteiger charge is 2.34. The summed E-state index contributed by atoms with van der Waals surface area (Å²) in [6, 6.07) is -0.895. The molecule has 1 aliphatic rings. The van der Waals surface area contributed by atoms with Crippen molar-refractivity contribution in [3.05, 3.63) is 0 Å². The number of carbonyl (C=O) groups excluding carboxylic acids is 2. The number of amides is 2. The highest BCUT2D eigenvalue weighted by Crippen LogP contribution is 2.09. The van der Waals surface area contributed by atoms with Gasteiger partial charge in [-0.2, -0.15) is 0 Å². The lowest BCUT2D eigenvalue weighted by molar-refractivity contribution is -0.149. The van der Waals surface area contributed by atoms with Gasteiger partial charge >= 0.3 is 5.97 Å². The molecule has 7 heteroatoms. The van der Waals surface area contributed by atoms with Crippen LogP contribution in [0.25, 0.3) is 0 Å². The number of hydrogen-bond acceptors (Lipinski definition) is 4. The van der Waals surface area contributed by atoms with Gasteiger partial charge in [0.1, 0.15) is 6.04 Å². The molecule has 1 heterocycles. The molecule has 0 aromatic rings. The van der Waals surface area contributed by atoms with Crippen molar-refractivity contribution in [2.45, 2.75) is 12.5 Å². The number of nitrogens with zero attached hydrogens (tertiary/aromatic N) is 2. The fraction of sp³-hybridized carbons (Fsp3) is 0.700. The van der Waals surface area contributed by atoms with E-state index in [1.165, 1.54) is 4.90 Å². The lowest BCUT2D eigenvalue weighted by Crippen LogP contribution is -2.59. The van der Waals surface area contributed by atoms with Gasteiger partial charge < -0.3 is 20.2 Å². The third kappa shape index (κ3) is 3.70. The maximum atomic E-state index is 11.9. The highest BCUT2D eigenvalue weighted by molar-refractivity contribution is 5.92. The lowest BCUT2D eigenvalue weighted by Gasteiger charge is -2.34. The predicted molar refractivity (Wildman–Crippen MR) is 59.3 cm³/mol. The molecule has 0 aliphatic carbocycles. The second-order valence-corrected chi connectivity index (χ2v) is 4.23. The van der Waals surface area contributed by atoms with Crippen LogP contribution in [0.2, 0.25) is 0 Å². The van der Waals surface area contributed by atoms with E-state index in [9.17, 15) is 14.4 Å². The number of aliphatic carboxylic acids is 1. The van der Waals surface area contributed by atoms with Crippen LogP contribution < -0.4 is 5.32 Å². The third-order valence-corrected chi connectivity index (χ3v) is 2.47. The van der Waals surface area contributed by atoms with Crippen LogP contribution in [-0.2, 0) is 14.4 Å². The Kier molecular flexibility index (Phi) is 4.45. The molecule has 0 spiro atoms. The van der Waals surface area contributed by atoms with Gasteiger partial charge in [-0.05, 0) is 14.1 Å². The van der Waals surface area contributed by atoms with Gasteiger partial charge in [-0.15, -0.1) is 0 Å². The molecule has 1 rings (SSSR count). The Balaban J connectivity index is 2.74. The summed E-state index contributed by atoms with van der Waals surface area (Å²) in [6.45, 7) is 0.897. The van der Waals surface area contributed by atoms with Crippen molar-refractivity contribution in [1.29, 1.82) is 0 Å². The minimum Gasteiger partial charge on any atom is -0.481 e. The molecular weight excluding hydrogens is 226 g/mol. The summed E-state index contributed by atoms with van der Waals surface area (Å²) in [6.07, 6.45) is -0.356. The molecule has 0 saturated carbocycles. The quantitative estimate of drug-likeness (QED) is 0.617. The molecule has 1 fully saturated rings. The van der Waals surface area contributed by atoms with Crippen molar-refractivity contribution in [3.8, 4) is 0 Å². The van der Waals surface area contributed by atoms with E-state index < -0.39 is 17.9 Å².